The van der Waals surface area contributed by atoms with E-state index in [-0.39, 0.29) is 10.8 Å². The predicted octanol–water partition coefficient (Wildman–Crippen LogP) is 3.40. The summed E-state index contributed by atoms with van der Waals surface area (Å²) in [4.78, 5) is 2.36. The van der Waals surface area contributed by atoms with Gasteiger partial charge in [-0.3, -0.25) is 0 Å². The summed E-state index contributed by atoms with van der Waals surface area (Å²) in [6, 6.07) is 5.53. The molecule has 0 radical (unpaired) electrons. The lowest BCUT2D eigenvalue weighted by molar-refractivity contribution is 0.617. The van der Waals surface area contributed by atoms with Gasteiger partial charge in [0.15, 0.2) is 0 Å². The average Bonchev–Trinajstić information content (AvgIpc) is 2.92. The molecule has 2 nitrogen and oxygen atoms in total. The highest BCUT2D eigenvalue weighted by molar-refractivity contribution is 7.98. The summed E-state index contributed by atoms with van der Waals surface area (Å²) in [5, 5.41) is 3.59. The fourth-order valence-electron chi connectivity index (χ4n) is 2.47. The highest BCUT2D eigenvalue weighted by atomic mass is 35.5. The van der Waals surface area contributed by atoms with Crippen molar-refractivity contribution in [3.8, 4) is 0 Å². The first-order valence-corrected chi connectivity index (χ1v) is 8.41. The fourth-order valence-corrected chi connectivity index (χ4v) is 3.06. The van der Waals surface area contributed by atoms with Crippen LogP contribution in [0.2, 0.25) is 5.02 Å². The Morgan fingerprint density at radius 3 is 3.00 bits per heavy atom. The van der Waals surface area contributed by atoms with E-state index >= 15 is 0 Å². The van der Waals surface area contributed by atoms with Crippen molar-refractivity contribution < 1.29 is 4.39 Å². The topological polar surface area (TPSA) is 15.3 Å². The molecular formula is C14H20ClFN2S. The maximum absolute atomic E-state index is 13.3. The van der Waals surface area contributed by atoms with E-state index in [1.807, 2.05) is 17.8 Å². The normalized spacial score (nSPS) is 18.8. The zero-order valence-corrected chi connectivity index (χ0v) is 12.7. The Kier molecular flexibility index (Phi) is 5.79. The predicted molar refractivity (Wildman–Crippen MR) is 83.0 cm³/mol. The molecule has 1 aromatic carbocycles. The summed E-state index contributed by atoms with van der Waals surface area (Å²) in [7, 11) is 0. The van der Waals surface area contributed by atoms with Gasteiger partial charge in [0.2, 0.25) is 0 Å². The van der Waals surface area contributed by atoms with Crippen LogP contribution in [0.3, 0.4) is 0 Å². The molecule has 2 rings (SSSR count). The van der Waals surface area contributed by atoms with Crippen LogP contribution in [-0.4, -0.2) is 37.7 Å². The fraction of sp³-hybridized carbons (Fsp3) is 0.571. The van der Waals surface area contributed by atoms with Gasteiger partial charge in [0.25, 0.3) is 0 Å². The van der Waals surface area contributed by atoms with Crippen LogP contribution in [-0.2, 0) is 0 Å². The number of thioether (sulfide) groups is 1. The van der Waals surface area contributed by atoms with Crippen molar-refractivity contribution in [3.63, 3.8) is 0 Å². The van der Waals surface area contributed by atoms with Crippen LogP contribution in [0.5, 0.6) is 0 Å². The van der Waals surface area contributed by atoms with E-state index in [1.165, 1.54) is 6.07 Å². The minimum atomic E-state index is -0.348. The molecule has 0 bridgehead atoms. The SMILES string of the molecule is CSCCCN(c1ccc(F)c(Cl)c1)C1CCNC1. The molecule has 1 atom stereocenters. The van der Waals surface area contributed by atoms with Crippen LogP contribution in [0.1, 0.15) is 12.8 Å². The van der Waals surface area contributed by atoms with Crippen LogP contribution < -0.4 is 10.2 Å². The smallest absolute Gasteiger partial charge is 0.141 e. The van der Waals surface area contributed by atoms with Crippen molar-refractivity contribution in [1.82, 2.24) is 5.32 Å². The Morgan fingerprint density at radius 2 is 2.37 bits per heavy atom. The van der Waals surface area contributed by atoms with Gasteiger partial charge in [-0.2, -0.15) is 11.8 Å². The van der Waals surface area contributed by atoms with E-state index in [0.29, 0.717) is 6.04 Å². The molecule has 5 heteroatoms. The number of hydrogen-bond acceptors (Lipinski definition) is 3. The Balaban J connectivity index is 2.12. The van der Waals surface area contributed by atoms with Gasteiger partial charge in [-0.05, 0) is 49.6 Å². The molecule has 106 valence electrons. The molecule has 1 heterocycles. The third-order valence-electron chi connectivity index (χ3n) is 3.46. The summed E-state index contributed by atoms with van der Waals surface area (Å²) in [5.74, 6) is 0.796. The minimum Gasteiger partial charge on any atom is -0.367 e. The van der Waals surface area contributed by atoms with E-state index in [4.69, 9.17) is 11.6 Å². The van der Waals surface area contributed by atoms with Gasteiger partial charge in [0.05, 0.1) is 5.02 Å². The molecule has 0 amide bonds. The monoisotopic (exact) mass is 302 g/mol. The third-order valence-corrected chi connectivity index (χ3v) is 4.44. The quantitative estimate of drug-likeness (QED) is 0.811. The Morgan fingerprint density at radius 1 is 1.53 bits per heavy atom. The molecule has 0 aromatic heterocycles. The van der Waals surface area contributed by atoms with Gasteiger partial charge in [-0.1, -0.05) is 11.6 Å². The molecule has 1 aromatic rings. The summed E-state index contributed by atoms with van der Waals surface area (Å²) >= 11 is 7.76. The van der Waals surface area contributed by atoms with Gasteiger partial charge in [-0.15, -0.1) is 0 Å². The molecule has 1 fully saturated rings. The second-order valence-electron chi connectivity index (χ2n) is 4.78. The zero-order chi connectivity index (χ0) is 13.7. The summed E-state index contributed by atoms with van der Waals surface area (Å²) in [6.45, 7) is 3.04. The number of hydrogen-bond donors (Lipinski definition) is 1. The average molecular weight is 303 g/mol. The van der Waals surface area contributed by atoms with E-state index in [0.717, 1.165) is 43.9 Å². The molecular weight excluding hydrogens is 283 g/mol. The first kappa shape index (κ1) is 14.9. The van der Waals surface area contributed by atoms with E-state index in [1.54, 1.807) is 6.07 Å². The minimum absolute atomic E-state index is 0.207. The van der Waals surface area contributed by atoms with Crippen molar-refractivity contribution >= 4 is 29.1 Å². The van der Waals surface area contributed by atoms with E-state index < -0.39 is 0 Å². The second-order valence-corrected chi connectivity index (χ2v) is 6.18. The van der Waals surface area contributed by atoms with Crippen molar-refractivity contribution in [3.05, 3.63) is 29.0 Å². The maximum atomic E-state index is 13.3. The molecule has 0 saturated carbocycles. The Hall–Kier alpha value is -0.450. The first-order valence-electron chi connectivity index (χ1n) is 6.63. The van der Waals surface area contributed by atoms with Crippen molar-refractivity contribution in [2.75, 3.05) is 36.5 Å². The number of nitrogens with one attached hydrogen (secondary N) is 1. The van der Waals surface area contributed by atoms with E-state index in [9.17, 15) is 4.39 Å². The highest BCUT2D eigenvalue weighted by Gasteiger charge is 2.22. The number of nitrogens with zero attached hydrogens (tertiary/aromatic N) is 1. The lowest BCUT2D eigenvalue weighted by Crippen LogP contribution is -2.38. The molecule has 0 spiro atoms. The van der Waals surface area contributed by atoms with Gasteiger partial charge < -0.3 is 10.2 Å². The van der Waals surface area contributed by atoms with E-state index in [2.05, 4.69) is 16.5 Å². The summed E-state index contributed by atoms with van der Waals surface area (Å²) in [6.07, 6.45) is 4.39. The van der Waals surface area contributed by atoms with Crippen molar-refractivity contribution in [2.24, 2.45) is 0 Å². The van der Waals surface area contributed by atoms with Gasteiger partial charge in [-0.25, -0.2) is 4.39 Å². The Labute approximate surface area is 123 Å². The maximum Gasteiger partial charge on any atom is 0.141 e. The number of halogens is 2. The number of benzene rings is 1. The summed E-state index contributed by atoms with van der Waals surface area (Å²) < 4.78 is 13.3. The lowest BCUT2D eigenvalue weighted by atomic mass is 10.1. The number of anilines is 1. The highest BCUT2D eigenvalue weighted by Crippen LogP contribution is 2.26. The molecule has 1 aliphatic heterocycles. The molecule has 1 N–H and O–H groups in total. The van der Waals surface area contributed by atoms with Crippen LogP contribution in [0.4, 0.5) is 10.1 Å². The van der Waals surface area contributed by atoms with Crippen molar-refractivity contribution in [1.29, 1.82) is 0 Å². The Bertz CT molecular complexity index is 410. The zero-order valence-electron chi connectivity index (χ0n) is 11.2. The molecule has 19 heavy (non-hydrogen) atoms. The first-order chi connectivity index (χ1) is 9.22. The molecule has 1 saturated heterocycles. The second kappa shape index (κ2) is 7.36. The standard InChI is InChI=1S/C14H20ClFN2S/c1-19-8-2-7-18(12-5-6-17-10-12)11-3-4-14(16)13(15)9-11/h3-4,9,12,17H,2,5-8,10H2,1H3. The summed E-state index contributed by atoms with van der Waals surface area (Å²) in [5.41, 5.74) is 1.03. The van der Waals surface area contributed by atoms with Gasteiger partial charge in [0, 0.05) is 24.8 Å². The van der Waals surface area contributed by atoms with Gasteiger partial charge >= 0.3 is 0 Å². The largest absolute Gasteiger partial charge is 0.367 e. The molecule has 1 aliphatic rings. The van der Waals surface area contributed by atoms with Crippen molar-refractivity contribution in [2.45, 2.75) is 18.9 Å². The molecule has 1 unspecified atom stereocenters. The lowest BCUT2D eigenvalue weighted by Gasteiger charge is -2.31. The van der Waals surface area contributed by atoms with Crippen LogP contribution >= 0.6 is 23.4 Å². The van der Waals surface area contributed by atoms with Gasteiger partial charge in [0.1, 0.15) is 5.82 Å². The molecule has 0 aliphatic carbocycles. The van der Waals surface area contributed by atoms with Crippen LogP contribution in [0.15, 0.2) is 18.2 Å². The number of rotatable bonds is 6. The van der Waals surface area contributed by atoms with Crippen LogP contribution in [0, 0.1) is 5.82 Å². The third kappa shape index (κ3) is 4.01. The van der Waals surface area contributed by atoms with Crippen LogP contribution in [0.25, 0.3) is 0 Å².